The lowest BCUT2D eigenvalue weighted by atomic mass is 10.3. The van der Waals surface area contributed by atoms with Crippen LogP contribution in [0, 0.1) is 0 Å². The van der Waals surface area contributed by atoms with Crippen LogP contribution in [0.5, 0.6) is 0 Å². The smallest absolute Gasteiger partial charge is 0.240 e. The van der Waals surface area contributed by atoms with Gasteiger partial charge < -0.3 is 5.32 Å². The van der Waals surface area contributed by atoms with Gasteiger partial charge in [-0.15, -0.1) is 23.0 Å². The molecule has 3 N–H and O–H groups in total. The number of carbonyl (C=O) groups is 1. The fraction of sp³-hybridized carbons (Fsp3) is 0.143. The normalized spacial score (nSPS) is 11.5. The van der Waals surface area contributed by atoms with Crippen LogP contribution in [0.2, 0.25) is 0 Å². The molecule has 4 rings (SSSR count). The van der Waals surface area contributed by atoms with Gasteiger partial charge in [-0.1, -0.05) is 35.7 Å². The van der Waals surface area contributed by atoms with E-state index in [9.17, 15) is 4.79 Å². The number of benzene rings is 1. The van der Waals surface area contributed by atoms with Crippen molar-refractivity contribution in [1.82, 2.24) is 25.1 Å². The summed E-state index contributed by atoms with van der Waals surface area (Å²) in [6.45, 7) is 5.57. The van der Waals surface area contributed by atoms with Crippen LogP contribution in [0.25, 0.3) is 10.2 Å². The van der Waals surface area contributed by atoms with Gasteiger partial charge in [-0.05, 0) is 37.3 Å². The van der Waals surface area contributed by atoms with Crippen molar-refractivity contribution in [1.29, 1.82) is 0 Å². The lowest BCUT2D eigenvalue weighted by molar-refractivity contribution is -0.113. The number of thiazole rings is 1. The number of nitrogens with one attached hydrogen (secondary N) is 3. The summed E-state index contributed by atoms with van der Waals surface area (Å²) in [4.78, 5) is 25.5. The van der Waals surface area contributed by atoms with Crippen molar-refractivity contribution in [3.8, 4) is 0 Å². The highest BCUT2D eigenvalue weighted by molar-refractivity contribution is 8.01. The van der Waals surface area contributed by atoms with E-state index in [1.165, 1.54) is 11.8 Å². The van der Waals surface area contributed by atoms with Gasteiger partial charge in [0.15, 0.2) is 4.34 Å². The summed E-state index contributed by atoms with van der Waals surface area (Å²) in [7, 11) is 0. The van der Waals surface area contributed by atoms with E-state index < -0.39 is 0 Å². The molecule has 0 unspecified atom stereocenters. The molecule has 0 aliphatic carbocycles. The number of aromatic nitrogens is 5. The van der Waals surface area contributed by atoms with Crippen LogP contribution < -0.4 is 10.7 Å². The average molecular weight is 497 g/mol. The Hall–Kier alpha value is -3.22. The standard InChI is InChI=1S/C21H20N8OS3/c1-3-10-31-21-24-16-8-7-14(11-17(16)33-21)23-18(30)12-32-20-25-19(28-29-20)27-26-13(2)15-6-4-5-9-22-15/h3-9,11H,1,10,12H2,2H3,(H,23,30)(H2,25,27,28,29)/b26-13-. The van der Waals surface area contributed by atoms with Gasteiger partial charge in [0, 0.05) is 17.6 Å². The highest BCUT2D eigenvalue weighted by Crippen LogP contribution is 2.31. The molecule has 4 aromatic rings. The predicted molar refractivity (Wildman–Crippen MR) is 136 cm³/mol. The van der Waals surface area contributed by atoms with E-state index in [1.54, 1.807) is 29.3 Å². The summed E-state index contributed by atoms with van der Waals surface area (Å²) in [5, 5.41) is 14.5. The van der Waals surface area contributed by atoms with Gasteiger partial charge >= 0.3 is 0 Å². The van der Waals surface area contributed by atoms with E-state index in [2.05, 4.69) is 47.6 Å². The molecule has 9 nitrogen and oxygen atoms in total. The monoisotopic (exact) mass is 496 g/mol. The van der Waals surface area contributed by atoms with Crippen molar-refractivity contribution < 1.29 is 4.79 Å². The number of fused-ring (bicyclic) bond motifs is 1. The molecule has 0 spiro atoms. The molecule has 0 atom stereocenters. The topological polar surface area (TPSA) is 121 Å². The molecule has 12 heteroatoms. The fourth-order valence-corrected chi connectivity index (χ4v) is 5.10. The third-order valence-electron chi connectivity index (χ3n) is 4.14. The molecule has 1 aromatic carbocycles. The van der Waals surface area contributed by atoms with Crippen molar-refractivity contribution in [3.63, 3.8) is 0 Å². The van der Waals surface area contributed by atoms with Gasteiger partial charge in [0.2, 0.25) is 17.0 Å². The molecule has 3 aromatic heterocycles. The average Bonchev–Trinajstić information content (AvgIpc) is 3.46. The molecule has 0 aliphatic heterocycles. The largest absolute Gasteiger partial charge is 0.325 e. The van der Waals surface area contributed by atoms with Crippen LogP contribution in [-0.2, 0) is 4.79 Å². The van der Waals surface area contributed by atoms with Gasteiger partial charge in [0.25, 0.3) is 0 Å². The van der Waals surface area contributed by atoms with Crippen LogP contribution in [0.15, 0.2) is 69.8 Å². The van der Waals surface area contributed by atoms with E-state index >= 15 is 0 Å². The third-order valence-corrected chi connectivity index (χ3v) is 7.14. The van der Waals surface area contributed by atoms with Crippen LogP contribution in [0.4, 0.5) is 11.6 Å². The second-order valence-electron chi connectivity index (χ2n) is 6.59. The van der Waals surface area contributed by atoms with Crippen molar-refractivity contribution in [2.24, 2.45) is 5.10 Å². The first-order chi connectivity index (χ1) is 16.1. The van der Waals surface area contributed by atoms with E-state index in [-0.39, 0.29) is 11.7 Å². The molecule has 0 aliphatic rings. The second-order valence-corrected chi connectivity index (χ2v) is 9.83. The lowest BCUT2D eigenvalue weighted by Crippen LogP contribution is -2.14. The van der Waals surface area contributed by atoms with E-state index in [0.29, 0.717) is 16.8 Å². The minimum atomic E-state index is -0.145. The molecular weight excluding hydrogens is 476 g/mol. The number of rotatable bonds is 10. The van der Waals surface area contributed by atoms with Crippen LogP contribution in [-0.4, -0.2) is 48.3 Å². The summed E-state index contributed by atoms with van der Waals surface area (Å²) in [6.07, 6.45) is 3.56. The third kappa shape index (κ3) is 6.40. The van der Waals surface area contributed by atoms with Crippen LogP contribution >= 0.6 is 34.9 Å². The Balaban J connectivity index is 1.28. The Morgan fingerprint density at radius 2 is 2.18 bits per heavy atom. The second kappa shape index (κ2) is 11.1. The Labute approximate surface area is 202 Å². The molecular formula is C21H20N8OS3. The number of hydrazone groups is 1. The number of nitrogens with zero attached hydrogens (tertiary/aromatic N) is 5. The van der Waals surface area contributed by atoms with Gasteiger partial charge in [0.1, 0.15) is 0 Å². The first-order valence-corrected chi connectivity index (χ1v) is 12.6. The Kier molecular flexibility index (Phi) is 7.70. The molecule has 33 heavy (non-hydrogen) atoms. The maximum absolute atomic E-state index is 12.4. The number of hydrogen-bond donors (Lipinski definition) is 3. The number of amides is 1. The van der Waals surface area contributed by atoms with Gasteiger partial charge in [0.05, 0.1) is 27.4 Å². The molecule has 0 fully saturated rings. The first kappa shape index (κ1) is 23.0. The highest BCUT2D eigenvalue weighted by Gasteiger charge is 2.10. The highest BCUT2D eigenvalue weighted by atomic mass is 32.2. The fourth-order valence-electron chi connectivity index (χ4n) is 2.63. The molecule has 168 valence electrons. The van der Waals surface area contributed by atoms with E-state index in [1.807, 2.05) is 49.4 Å². The van der Waals surface area contributed by atoms with Gasteiger partial charge in [-0.3, -0.25) is 9.78 Å². The summed E-state index contributed by atoms with van der Waals surface area (Å²) in [5.74, 6) is 1.23. The molecule has 3 heterocycles. The van der Waals surface area contributed by atoms with Gasteiger partial charge in [-0.2, -0.15) is 10.1 Å². The minimum absolute atomic E-state index is 0.145. The maximum Gasteiger partial charge on any atom is 0.240 e. The Bertz CT molecular complexity index is 1290. The Morgan fingerprint density at radius 1 is 1.27 bits per heavy atom. The first-order valence-electron chi connectivity index (χ1n) is 9.82. The maximum atomic E-state index is 12.4. The number of hydrogen-bond acceptors (Lipinski definition) is 10. The number of H-pyrrole nitrogens is 1. The molecule has 0 saturated heterocycles. The quantitative estimate of drug-likeness (QED) is 0.126. The lowest BCUT2D eigenvalue weighted by Gasteiger charge is -2.03. The van der Waals surface area contributed by atoms with E-state index in [4.69, 9.17) is 0 Å². The zero-order valence-electron chi connectivity index (χ0n) is 17.6. The summed E-state index contributed by atoms with van der Waals surface area (Å²) in [6, 6.07) is 11.3. The number of thioether (sulfide) groups is 2. The number of anilines is 2. The van der Waals surface area contributed by atoms with Crippen molar-refractivity contribution in [2.75, 3.05) is 22.2 Å². The number of pyridine rings is 1. The van der Waals surface area contributed by atoms with Crippen LogP contribution in [0.1, 0.15) is 12.6 Å². The Morgan fingerprint density at radius 3 is 3.00 bits per heavy atom. The molecule has 1 amide bonds. The predicted octanol–water partition coefficient (Wildman–Crippen LogP) is 4.65. The van der Waals surface area contributed by atoms with Crippen molar-refractivity contribution >= 4 is 68.3 Å². The van der Waals surface area contributed by atoms with Crippen LogP contribution in [0.3, 0.4) is 0 Å². The molecule has 0 saturated carbocycles. The summed E-state index contributed by atoms with van der Waals surface area (Å²) < 4.78 is 2.01. The number of carbonyl (C=O) groups excluding carboxylic acids is 1. The molecule has 0 radical (unpaired) electrons. The van der Waals surface area contributed by atoms with Crippen molar-refractivity contribution in [3.05, 3.63) is 60.9 Å². The molecule has 0 bridgehead atoms. The zero-order valence-corrected chi connectivity index (χ0v) is 20.1. The summed E-state index contributed by atoms with van der Waals surface area (Å²) >= 11 is 4.47. The zero-order chi connectivity index (χ0) is 23.0. The van der Waals surface area contributed by atoms with E-state index in [0.717, 1.165) is 31.7 Å². The van der Waals surface area contributed by atoms with Gasteiger partial charge in [-0.25, -0.2) is 15.5 Å². The minimum Gasteiger partial charge on any atom is -0.325 e. The van der Waals surface area contributed by atoms with Crippen molar-refractivity contribution in [2.45, 2.75) is 16.4 Å². The number of aromatic amines is 1. The summed E-state index contributed by atoms with van der Waals surface area (Å²) in [5.41, 5.74) is 5.94. The SMILES string of the molecule is C=CCSc1nc2ccc(NC(=O)CSc3n[nH]c(N/N=C(/C)c4ccccn4)n3)cc2s1.